The summed E-state index contributed by atoms with van der Waals surface area (Å²) >= 11 is 0. The molecule has 2 saturated heterocycles. The molecule has 0 aromatic carbocycles. The van der Waals surface area contributed by atoms with Gasteiger partial charge in [0.2, 0.25) is 10.0 Å². The molecular weight excluding hydrogens is 232 g/mol. The van der Waals surface area contributed by atoms with E-state index in [0.29, 0.717) is 12.8 Å². The van der Waals surface area contributed by atoms with Gasteiger partial charge in [0.05, 0.1) is 11.4 Å². The number of fused-ring (bicyclic) bond motifs is 1. The van der Waals surface area contributed by atoms with Gasteiger partial charge in [-0.1, -0.05) is 5.59 Å². The number of nitrogens with two attached hydrogens (primary N) is 1. The highest BCUT2D eigenvalue weighted by Crippen LogP contribution is 2.25. The van der Waals surface area contributed by atoms with Gasteiger partial charge in [0.25, 0.3) is 5.88 Å². The van der Waals surface area contributed by atoms with Gasteiger partial charge >= 0.3 is 0 Å². The molecule has 3 aliphatic rings. The van der Waals surface area contributed by atoms with Crippen LogP contribution in [0.25, 0.3) is 0 Å². The van der Waals surface area contributed by atoms with Gasteiger partial charge in [0.15, 0.2) is 0 Å². The summed E-state index contributed by atoms with van der Waals surface area (Å²) < 4.78 is 21.7. The Bertz CT molecular complexity index is 386. The van der Waals surface area contributed by atoms with E-state index < -0.39 is 10.0 Å². The standard InChI is InChI=1S/C6H14N2O2S.C2H2N2O/c1-8-4-2-6(3-5-8)11(7,9)10;1-2-4(1)3-5-2/h6H,2-5H2,1H3,(H2,7,9,10);1,3H. The fourth-order valence-corrected chi connectivity index (χ4v) is 2.47. The van der Waals surface area contributed by atoms with Crippen molar-refractivity contribution in [1.29, 1.82) is 0 Å². The molecule has 0 unspecified atom stereocenters. The van der Waals surface area contributed by atoms with Crippen molar-refractivity contribution in [3.05, 3.63) is 12.1 Å². The molecule has 0 saturated carbocycles. The Kier molecular flexibility index (Phi) is 3.06. The van der Waals surface area contributed by atoms with Crippen LogP contribution < -0.4 is 10.7 Å². The molecule has 2 fully saturated rings. The molecule has 92 valence electrons. The monoisotopic (exact) mass is 248 g/mol. The zero-order chi connectivity index (χ0) is 11.8. The average Bonchev–Trinajstić information content (AvgIpc) is 2.73. The van der Waals surface area contributed by atoms with E-state index in [2.05, 4.69) is 15.3 Å². The second-order valence-corrected chi connectivity index (χ2v) is 5.97. The molecule has 3 N–H and O–H groups in total. The summed E-state index contributed by atoms with van der Waals surface area (Å²) in [6.45, 7) is 1.67. The number of hydrogen-bond donors (Lipinski definition) is 2. The Morgan fingerprint density at radius 1 is 1.50 bits per heavy atom. The summed E-state index contributed by atoms with van der Waals surface area (Å²) in [4.78, 5) is 6.65. The van der Waals surface area contributed by atoms with E-state index >= 15 is 0 Å². The van der Waals surface area contributed by atoms with E-state index in [4.69, 9.17) is 5.14 Å². The molecule has 0 amide bonds. The van der Waals surface area contributed by atoms with Gasteiger partial charge in [0.1, 0.15) is 0 Å². The number of primary sulfonamides is 1. The van der Waals surface area contributed by atoms with Gasteiger partial charge in [0, 0.05) is 0 Å². The van der Waals surface area contributed by atoms with Crippen LogP contribution in [0.5, 0.6) is 0 Å². The summed E-state index contributed by atoms with van der Waals surface area (Å²) in [5, 5.41) is 6.49. The molecule has 8 heteroatoms. The van der Waals surface area contributed by atoms with Crippen molar-refractivity contribution in [2.45, 2.75) is 18.1 Å². The summed E-state index contributed by atoms with van der Waals surface area (Å²) in [6.07, 6.45) is 3.21. The minimum Gasteiger partial charge on any atom is -0.367 e. The zero-order valence-corrected chi connectivity index (χ0v) is 9.90. The van der Waals surface area contributed by atoms with Crippen molar-refractivity contribution in [2.75, 3.05) is 20.1 Å². The minimum absolute atomic E-state index is 0.307. The van der Waals surface area contributed by atoms with E-state index in [9.17, 15) is 8.42 Å². The highest BCUT2D eigenvalue weighted by Gasteiger charge is 2.33. The van der Waals surface area contributed by atoms with Crippen LogP contribution in [0.2, 0.25) is 0 Å². The highest BCUT2D eigenvalue weighted by atomic mass is 32.2. The van der Waals surface area contributed by atoms with Crippen molar-refractivity contribution < 1.29 is 13.3 Å². The van der Waals surface area contributed by atoms with E-state index in [-0.39, 0.29) is 5.25 Å². The third-order valence-electron chi connectivity index (χ3n) is 2.79. The first kappa shape index (κ1) is 11.6. The van der Waals surface area contributed by atoms with Crippen molar-refractivity contribution in [3.8, 4) is 0 Å². The van der Waals surface area contributed by atoms with Crippen LogP contribution in [0.1, 0.15) is 12.8 Å². The van der Waals surface area contributed by atoms with Gasteiger partial charge in [-0.05, 0) is 33.0 Å². The second-order valence-electron chi connectivity index (χ2n) is 4.12. The maximum atomic E-state index is 10.9. The Labute approximate surface area is 94.8 Å². The molecule has 0 atom stereocenters. The molecule has 7 nitrogen and oxygen atoms in total. The Hall–Kier alpha value is -0.830. The van der Waals surface area contributed by atoms with E-state index in [0.717, 1.165) is 19.0 Å². The van der Waals surface area contributed by atoms with Crippen LogP contribution in [0.15, 0.2) is 12.1 Å². The largest absolute Gasteiger partial charge is 0.367 e. The maximum absolute atomic E-state index is 10.9. The van der Waals surface area contributed by atoms with Gasteiger partial charge in [-0.3, -0.25) is 0 Å². The fraction of sp³-hybridized carbons (Fsp3) is 0.750. The highest BCUT2D eigenvalue weighted by molar-refractivity contribution is 7.89. The van der Waals surface area contributed by atoms with Crippen molar-refractivity contribution in [3.63, 3.8) is 0 Å². The smallest absolute Gasteiger partial charge is 0.256 e. The van der Waals surface area contributed by atoms with E-state index in [1.165, 1.54) is 0 Å². The Morgan fingerprint density at radius 3 is 2.31 bits per heavy atom. The summed E-state index contributed by atoms with van der Waals surface area (Å²) in [6, 6.07) is 0. The molecule has 16 heavy (non-hydrogen) atoms. The third-order valence-corrected chi connectivity index (χ3v) is 4.19. The lowest BCUT2D eigenvalue weighted by atomic mass is 10.1. The molecule has 0 aliphatic carbocycles. The van der Waals surface area contributed by atoms with Crippen molar-refractivity contribution in [2.24, 2.45) is 5.14 Å². The lowest BCUT2D eigenvalue weighted by Gasteiger charge is -2.27. The number of hydrogen-bond acceptors (Lipinski definition) is 6. The van der Waals surface area contributed by atoms with Crippen LogP contribution in [-0.2, 0) is 14.9 Å². The Morgan fingerprint density at radius 2 is 2.06 bits per heavy atom. The molecule has 3 aliphatic heterocycles. The summed E-state index contributed by atoms with van der Waals surface area (Å²) in [5.41, 5.74) is 2.52. The number of nitrogens with zero attached hydrogens (tertiary/aromatic N) is 2. The Balaban J connectivity index is 0.000000156. The van der Waals surface area contributed by atoms with E-state index in [1.54, 1.807) is 5.01 Å². The molecule has 0 radical (unpaired) electrons. The number of sulfonamides is 1. The first-order valence-electron chi connectivity index (χ1n) is 5.10. The molecule has 0 aromatic heterocycles. The zero-order valence-electron chi connectivity index (χ0n) is 9.09. The van der Waals surface area contributed by atoms with Gasteiger partial charge in [-0.25, -0.2) is 18.6 Å². The second kappa shape index (κ2) is 4.21. The molecular formula is C8H16N4O3S. The average molecular weight is 248 g/mol. The first-order valence-corrected chi connectivity index (χ1v) is 6.71. The van der Waals surface area contributed by atoms with Gasteiger partial charge in [-0.15, -0.1) is 0 Å². The molecule has 3 rings (SSSR count). The predicted molar refractivity (Wildman–Crippen MR) is 57.8 cm³/mol. The minimum atomic E-state index is -3.28. The van der Waals surface area contributed by atoms with Crippen LogP contribution in [0.3, 0.4) is 0 Å². The van der Waals surface area contributed by atoms with Crippen LogP contribution >= 0.6 is 0 Å². The van der Waals surface area contributed by atoms with E-state index in [1.807, 2.05) is 13.2 Å². The van der Waals surface area contributed by atoms with Gasteiger partial charge < -0.3 is 9.74 Å². The normalized spacial score (nSPS) is 24.4. The number of likely N-dealkylation sites (tertiary alicyclic amines) is 1. The number of nitrogens with one attached hydrogen (secondary N) is 1. The number of piperidine rings is 1. The molecule has 0 bridgehead atoms. The topological polar surface area (TPSA) is 87.7 Å². The lowest BCUT2D eigenvalue weighted by molar-refractivity contribution is -0.0889. The number of hydrazine groups is 1. The molecule has 0 aromatic rings. The van der Waals surface area contributed by atoms with Crippen LogP contribution in [0.4, 0.5) is 0 Å². The van der Waals surface area contributed by atoms with Crippen molar-refractivity contribution >= 4 is 10.0 Å². The molecule has 3 heterocycles. The quantitative estimate of drug-likeness (QED) is 0.614. The van der Waals surface area contributed by atoms with Gasteiger partial charge in [-0.2, -0.15) is 0 Å². The number of rotatable bonds is 1. The fourth-order valence-electron chi connectivity index (χ4n) is 1.60. The van der Waals surface area contributed by atoms with Crippen LogP contribution in [0, 0.1) is 0 Å². The third kappa shape index (κ3) is 2.85. The lowest BCUT2D eigenvalue weighted by Crippen LogP contribution is -2.39. The summed E-state index contributed by atoms with van der Waals surface area (Å²) in [7, 11) is -1.29. The van der Waals surface area contributed by atoms with Crippen molar-refractivity contribution in [1.82, 2.24) is 15.5 Å². The predicted octanol–water partition coefficient (Wildman–Crippen LogP) is -1.08. The SMILES string of the molecule is C1=C2ONN12.CN1CCC(S(N)(=O)=O)CC1. The summed E-state index contributed by atoms with van der Waals surface area (Å²) in [5.74, 6) is 0.949. The molecule has 0 spiro atoms. The first-order chi connectivity index (χ1) is 7.47. The van der Waals surface area contributed by atoms with Crippen LogP contribution in [-0.4, -0.2) is 43.7 Å². The maximum Gasteiger partial charge on any atom is 0.256 e.